The predicted molar refractivity (Wildman–Crippen MR) is 126 cm³/mol. The van der Waals surface area contributed by atoms with Crippen molar-refractivity contribution in [2.75, 3.05) is 19.0 Å². The molecule has 0 aliphatic heterocycles. The van der Waals surface area contributed by atoms with E-state index in [-0.39, 0.29) is 5.91 Å². The molecule has 0 heterocycles. The van der Waals surface area contributed by atoms with Crippen LogP contribution >= 0.6 is 0 Å². The second kappa shape index (κ2) is 9.42. The monoisotopic (exact) mass is 417 g/mol. The average molecular weight is 418 g/mol. The number of fused-ring (bicyclic) bond motifs is 1. The van der Waals surface area contributed by atoms with Gasteiger partial charge in [0.15, 0.2) is 0 Å². The van der Waals surface area contributed by atoms with Crippen LogP contribution in [-0.2, 0) is 10.2 Å². The minimum absolute atomic E-state index is 0.0694. The summed E-state index contributed by atoms with van der Waals surface area (Å²) in [4.78, 5) is 13.7. The SMILES string of the molecule is CCCCOc1ccc(NC(=O)C2(c3ccc(OC)cc3)CCCC2)c2ccccc12. The van der Waals surface area contributed by atoms with E-state index in [0.717, 1.165) is 72.0 Å². The molecule has 1 saturated carbocycles. The molecule has 0 spiro atoms. The lowest BCUT2D eigenvalue weighted by atomic mass is 9.78. The van der Waals surface area contributed by atoms with Gasteiger partial charge in [-0.3, -0.25) is 4.79 Å². The highest BCUT2D eigenvalue weighted by Gasteiger charge is 2.42. The maximum Gasteiger partial charge on any atom is 0.235 e. The highest BCUT2D eigenvalue weighted by molar-refractivity contribution is 6.07. The van der Waals surface area contributed by atoms with Crippen LogP contribution in [0.1, 0.15) is 51.0 Å². The van der Waals surface area contributed by atoms with Crippen molar-refractivity contribution >= 4 is 22.4 Å². The molecule has 1 fully saturated rings. The Balaban J connectivity index is 1.64. The molecule has 0 saturated heterocycles. The van der Waals surface area contributed by atoms with E-state index in [0.29, 0.717) is 6.61 Å². The van der Waals surface area contributed by atoms with Gasteiger partial charge in [0.05, 0.1) is 19.1 Å². The number of amides is 1. The molecule has 3 aromatic rings. The molecule has 1 amide bonds. The van der Waals surface area contributed by atoms with Crippen LogP contribution in [0.5, 0.6) is 11.5 Å². The summed E-state index contributed by atoms with van der Waals surface area (Å²) in [5.74, 6) is 1.75. The molecule has 1 aliphatic carbocycles. The molecule has 0 atom stereocenters. The van der Waals surface area contributed by atoms with Crippen molar-refractivity contribution in [1.29, 1.82) is 0 Å². The molecule has 31 heavy (non-hydrogen) atoms. The smallest absolute Gasteiger partial charge is 0.235 e. The van der Waals surface area contributed by atoms with Crippen LogP contribution in [0.25, 0.3) is 10.8 Å². The third-order valence-electron chi connectivity index (χ3n) is 6.42. The van der Waals surface area contributed by atoms with Crippen LogP contribution in [0.4, 0.5) is 5.69 Å². The van der Waals surface area contributed by atoms with E-state index in [4.69, 9.17) is 9.47 Å². The van der Waals surface area contributed by atoms with Crippen molar-refractivity contribution < 1.29 is 14.3 Å². The second-order valence-corrected chi connectivity index (χ2v) is 8.33. The molecular formula is C27H31NO3. The summed E-state index contributed by atoms with van der Waals surface area (Å²) in [5.41, 5.74) is 1.40. The number of rotatable bonds is 8. The molecule has 0 bridgehead atoms. The van der Waals surface area contributed by atoms with Crippen LogP contribution in [0.3, 0.4) is 0 Å². The van der Waals surface area contributed by atoms with E-state index in [1.165, 1.54) is 0 Å². The van der Waals surface area contributed by atoms with Gasteiger partial charge in [0.25, 0.3) is 0 Å². The molecular weight excluding hydrogens is 386 g/mol. The Morgan fingerprint density at radius 1 is 0.968 bits per heavy atom. The molecule has 1 aliphatic rings. The summed E-state index contributed by atoms with van der Waals surface area (Å²) < 4.78 is 11.3. The van der Waals surface area contributed by atoms with Gasteiger partial charge in [-0.2, -0.15) is 0 Å². The number of carbonyl (C=O) groups excluding carboxylic acids is 1. The normalized spacial score (nSPS) is 15.0. The number of carbonyl (C=O) groups is 1. The van der Waals surface area contributed by atoms with Gasteiger partial charge < -0.3 is 14.8 Å². The maximum atomic E-state index is 13.7. The van der Waals surface area contributed by atoms with Gasteiger partial charge in [-0.25, -0.2) is 0 Å². The Morgan fingerprint density at radius 3 is 2.35 bits per heavy atom. The van der Waals surface area contributed by atoms with Gasteiger partial charge in [0.1, 0.15) is 11.5 Å². The van der Waals surface area contributed by atoms with E-state index in [9.17, 15) is 4.79 Å². The van der Waals surface area contributed by atoms with Crippen molar-refractivity contribution in [1.82, 2.24) is 0 Å². The Hall–Kier alpha value is -3.01. The molecule has 162 valence electrons. The first-order valence-electron chi connectivity index (χ1n) is 11.3. The quantitative estimate of drug-likeness (QED) is 0.427. The summed E-state index contributed by atoms with van der Waals surface area (Å²) in [6, 6.07) is 20.0. The van der Waals surface area contributed by atoms with Crippen molar-refractivity contribution in [3.05, 3.63) is 66.2 Å². The number of hydrogen-bond acceptors (Lipinski definition) is 3. The highest BCUT2D eigenvalue weighted by atomic mass is 16.5. The van der Waals surface area contributed by atoms with Gasteiger partial charge in [0, 0.05) is 16.5 Å². The Labute approximate surface area is 184 Å². The summed E-state index contributed by atoms with van der Waals surface area (Å²) in [7, 11) is 1.66. The van der Waals surface area contributed by atoms with Crippen molar-refractivity contribution in [2.45, 2.75) is 50.9 Å². The fourth-order valence-corrected chi connectivity index (χ4v) is 4.61. The number of methoxy groups -OCH3 is 1. The first-order valence-corrected chi connectivity index (χ1v) is 11.3. The van der Waals surface area contributed by atoms with Crippen LogP contribution in [-0.4, -0.2) is 19.6 Å². The minimum atomic E-state index is -0.496. The van der Waals surface area contributed by atoms with Gasteiger partial charge in [-0.15, -0.1) is 0 Å². The lowest BCUT2D eigenvalue weighted by molar-refractivity contribution is -0.121. The molecule has 0 aromatic heterocycles. The number of anilines is 1. The third kappa shape index (κ3) is 4.25. The van der Waals surface area contributed by atoms with E-state index in [1.807, 2.05) is 54.6 Å². The summed E-state index contributed by atoms with van der Waals surface area (Å²) >= 11 is 0. The van der Waals surface area contributed by atoms with Crippen LogP contribution in [0.2, 0.25) is 0 Å². The van der Waals surface area contributed by atoms with Gasteiger partial charge >= 0.3 is 0 Å². The Bertz CT molecular complexity index is 1040. The highest BCUT2D eigenvalue weighted by Crippen LogP contribution is 2.43. The Kier molecular flexibility index (Phi) is 6.45. The number of unbranched alkanes of at least 4 members (excludes halogenated alkanes) is 1. The van der Waals surface area contributed by atoms with E-state index in [2.05, 4.69) is 18.3 Å². The van der Waals surface area contributed by atoms with Crippen LogP contribution in [0.15, 0.2) is 60.7 Å². The molecule has 4 rings (SSSR count). The van der Waals surface area contributed by atoms with Crippen LogP contribution in [0, 0.1) is 0 Å². The molecule has 0 radical (unpaired) electrons. The van der Waals surface area contributed by atoms with Crippen molar-refractivity contribution in [3.63, 3.8) is 0 Å². The standard InChI is InChI=1S/C27H31NO3/c1-3-4-19-31-25-16-15-24(22-9-5-6-10-23(22)25)28-26(29)27(17-7-8-18-27)20-11-13-21(30-2)14-12-20/h5-6,9-16H,3-4,7-8,17-19H2,1-2H3,(H,28,29). The second-order valence-electron chi connectivity index (χ2n) is 8.33. The van der Waals surface area contributed by atoms with Crippen molar-refractivity contribution in [3.8, 4) is 11.5 Å². The van der Waals surface area contributed by atoms with Gasteiger partial charge in [-0.1, -0.05) is 62.6 Å². The fourth-order valence-electron chi connectivity index (χ4n) is 4.61. The molecule has 3 aromatic carbocycles. The zero-order chi connectivity index (χ0) is 21.7. The largest absolute Gasteiger partial charge is 0.497 e. The molecule has 4 heteroatoms. The van der Waals surface area contributed by atoms with E-state index < -0.39 is 5.41 Å². The van der Waals surface area contributed by atoms with Gasteiger partial charge in [0.2, 0.25) is 5.91 Å². The first-order chi connectivity index (χ1) is 15.2. The maximum absolute atomic E-state index is 13.7. The predicted octanol–water partition coefficient (Wildman–Crippen LogP) is 6.48. The summed E-state index contributed by atoms with van der Waals surface area (Å²) in [5, 5.41) is 5.30. The van der Waals surface area contributed by atoms with E-state index in [1.54, 1.807) is 7.11 Å². The lowest BCUT2D eigenvalue weighted by Gasteiger charge is -2.29. The number of nitrogens with one attached hydrogen (secondary N) is 1. The van der Waals surface area contributed by atoms with Gasteiger partial charge in [-0.05, 0) is 49.1 Å². The summed E-state index contributed by atoms with van der Waals surface area (Å²) in [6.07, 6.45) is 5.97. The Morgan fingerprint density at radius 2 is 1.68 bits per heavy atom. The topological polar surface area (TPSA) is 47.6 Å². The molecule has 4 nitrogen and oxygen atoms in total. The zero-order valence-electron chi connectivity index (χ0n) is 18.4. The molecule has 1 N–H and O–H groups in total. The van der Waals surface area contributed by atoms with Crippen molar-refractivity contribution in [2.24, 2.45) is 0 Å². The first kappa shape index (κ1) is 21.2. The van der Waals surface area contributed by atoms with E-state index >= 15 is 0 Å². The fraction of sp³-hybridized carbons (Fsp3) is 0.370. The number of ether oxygens (including phenoxy) is 2. The molecule has 0 unspecified atom stereocenters. The minimum Gasteiger partial charge on any atom is -0.497 e. The number of hydrogen-bond donors (Lipinski definition) is 1. The summed E-state index contributed by atoms with van der Waals surface area (Å²) in [6.45, 7) is 2.86. The third-order valence-corrected chi connectivity index (χ3v) is 6.42. The number of benzene rings is 3. The van der Waals surface area contributed by atoms with Crippen LogP contribution < -0.4 is 14.8 Å². The lowest BCUT2D eigenvalue weighted by Crippen LogP contribution is -2.38. The average Bonchev–Trinajstić information content (AvgIpc) is 3.32. The zero-order valence-corrected chi connectivity index (χ0v) is 18.4.